The molecule has 2 aromatic carbocycles. The number of hydrogen-bond acceptors (Lipinski definition) is 3. The monoisotopic (exact) mass is 342 g/mol. The van der Waals surface area contributed by atoms with Gasteiger partial charge in [0.25, 0.3) is 0 Å². The Bertz CT molecular complexity index is 714. The summed E-state index contributed by atoms with van der Waals surface area (Å²) < 4.78 is 0. The van der Waals surface area contributed by atoms with Crippen LogP contribution in [0, 0.1) is 6.92 Å². The zero-order valence-electron chi connectivity index (χ0n) is 14.1. The summed E-state index contributed by atoms with van der Waals surface area (Å²) in [5.74, 6) is -0.127. The Morgan fingerprint density at radius 3 is 2.38 bits per heavy atom. The molecule has 0 saturated heterocycles. The van der Waals surface area contributed by atoms with Crippen LogP contribution in [0.2, 0.25) is 0 Å². The summed E-state index contributed by atoms with van der Waals surface area (Å²) >= 11 is 1.50. The van der Waals surface area contributed by atoms with E-state index in [-0.39, 0.29) is 17.1 Å². The van der Waals surface area contributed by atoms with Gasteiger partial charge in [-0.15, -0.1) is 11.8 Å². The van der Waals surface area contributed by atoms with Gasteiger partial charge in [0.2, 0.25) is 11.8 Å². The molecule has 2 N–H and O–H groups in total. The van der Waals surface area contributed by atoms with E-state index >= 15 is 0 Å². The zero-order valence-corrected chi connectivity index (χ0v) is 14.9. The molecule has 126 valence electrons. The second kappa shape index (κ2) is 8.55. The second-order valence-corrected chi connectivity index (χ2v) is 6.86. The Kier molecular flexibility index (Phi) is 6.44. The number of rotatable bonds is 6. The number of aryl methyl sites for hydroxylation is 1. The number of carbonyl (C=O) groups is 2. The van der Waals surface area contributed by atoms with E-state index in [1.807, 2.05) is 62.4 Å². The van der Waals surface area contributed by atoms with Crippen molar-refractivity contribution in [3.63, 3.8) is 0 Å². The molecule has 0 aromatic heterocycles. The van der Waals surface area contributed by atoms with Gasteiger partial charge in [-0.25, -0.2) is 0 Å². The number of hydrogen-bond donors (Lipinski definition) is 2. The van der Waals surface area contributed by atoms with Crippen molar-refractivity contribution in [3.8, 4) is 0 Å². The number of thioether (sulfide) groups is 1. The molecule has 0 heterocycles. The predicted molar refractivity (Wildman–Crippen MR) is 100 cm³/mol. The molecule has 0 fully saturated rings. The van der Waals surface area contributed by atoms with Crippen molar-refractivity contribution in [2.75, 3.05) is 10.6 Å². The molecule has 2 amide bonds. The predicted octanol–water partition coefficient (Wildman–Crippen LogP) is 4.46. The SMILES string of the molecule is CCC(Sc1cccc(NC(C)=O)c1)C(=O)Nc1ccc(C)cc1. The molecule has 2 aromatic rings. The van der Waals surface area contributed by atoms with Crippen molar-refractivity contribution in [1.29, 1.82) is 0 Å². The third-order valence-electron chi connectivity index (χ3n) is 3.42. The molecule has 0 radical (unpaired) electrons. The largest absolute Gasteiger partial charge is 0.326 e. The van der Waals surface area contributed by atoms with Gasteiger partial charge >= 0.3 is 0 Å². The first-order chi connectivity index (χ1) is 11.5. The average molecular weight is 342 g/mol. The minimum atomic E-state index is -0.195. The maximum absolute atomic E-state index is 12.5. The highest BCUT2D eigenvalue weighted by Gasteiger charge is 2.18. The van der Waals surface area contributed by atoms with Crippen molar-refractivity contribution >= 4 is 35.0 Å². The van der Waals surface area contributed by atoms with Gasteiger partial charge in [0.15, 0.2) is 0 Å². The quantitative estimate of drug-likeness (QED) is 0.762. The van der Waals surface area contributed by atoms with Crippen LogP contribution in [0.25, 0.3) is 0 Å². The summed E-state index contributed by atoms with van der Waals surface area (Å²) in [6, 6.07) is 15.3. The first-order valence-corrected chi connectivity index (χ1v) is 8.77. The van der Waals surface area contributed by atoms with Crippen LogP contribution in [0.15, 0.2) is 53.4 Å². The van der Waals surface area contributed by atoms with Crippen molar-refractivity contribution in [2.45, 2.75) is 37.3 Å². The number of amides is 2. The summed E-state index contributed by atoms with van der Waals surface area (Å²) in [6.07, 6.45) is 0.715. The fourth-order valence-corrected chi connectivity index (χ4v) is 3.21. The summed E-state index contributed by atoms with van der Waals surface area (Å²) in [4.78, 5) is 24.6. The fraction of sp³-hybridized carbons (Fsp3) is 0.263. The van der Waals surface area contributed by atoms with Gasteiger partial charge in [-0.2, -0.15) is 0 Å². The summed E-state index contributed by atoms with van der Waals surface area (Å²) in [7, 11) is 0. The zero-order chi connectivity index (χ0) is 17.5. The smallest absolute Gasteiger partial charge is 0.237 e. The normalized spacial score (nSPS) is 11.6. The molecular weight excluding hydrogens is 320 g/mol. The Morgan fingerprint density at radius 2 is 1.75 bits per heavy atom. The highest BCUT2D eigenvalue weighted by molar-refractivity contribution is 8.00. The first kappa shape index (κ1) is 18.1. The lowest BCUT2D eigenvalue weighted by Gasteiger charge is -2.15. The minimum Gasteiger partial charge on any atom is -0.326 e. The molecule has 2 rings (SSSR count). The highest BCUT2D eigenvalue weighted by atomic mass is 32.2. The number of carbonyl (C=O) groups excluding carboxylic acids is 2. The summed E-state index contributed by atoms with van der Waals surface area (Å²) in [5.41, 5.74) is 2.70. The van der Waals surface area contributed by atoms with Crippen molar-refractivity contribution in [1.82, 2.24) is 0 Å². The molecule has 0 spiro atoms. The third kappa shape index (κ3) is 5.42. The van der Waals surface area contributed by atoms with E-state index in [1.54, 1.807) is 0 Å². The van der Waals surface area contributed by atoms with Gasteiger partial charge in [-0.05, 0) is 43.7 Å². The third-order valence-corrected chi connectivity index (χ3v) is 4.77. The lowest BCUT2D eigenvalue weighted by Crippen LogP contribution is -2.24. The Hall–Kier alpha value is -2.27. The standard InChI is InChI=1S/C19H22N2O2S/c1-4-18(19(23)21-15-10-8-13(2)9-11-15)24-17-7-5-6-16(12-17)20-14(3)22/h5-12,18H,4H2,1-3H3,(H,20,22)(H,21,23). The fourth-order valence-electron chi connectivity index (χ4n) is 2.20. The van der Waals surface area contributed by atoms with Crippen molar-refractivity contribution < 1.29 is 9.59 Å². The summed E-state index contributed by atoms with van der Waals surface area (Å²) in [5, 5.41) is 5.52. The average Bonchev–Trinajstić information content (AvgIpc) is 2.54. The van der Waals surface area contributed by atoms with Crippen LogP contribution < -0.4 is 10.6 Å². The molecule has 4 nitrogen and oxygen atoms in total. The lowest BCUT2D eigenvalue weighted by atomic mass is 10.2. The molecule has 0 aliphatic rings. The highest BCUT2D eigenvalue weighted by Crippen LogP contribution is 2.28. The number of benzene rings is 2. The number of anilines is 2. The Morgan fingerprint density at radius 1 is 1.04 bits per heavy atom. The van der Waals surface area contributed by atoms with Crippen LogP contribution in [0.4, 0.5) is 11.4 Å². The maximum atomic E-state index is 12.5. The molecule has 0 aliphatic heterocycles. The van der Waals surface area contributed by atoms with E-state index in [4.69, 9.17) is 0 Å². The number of nitrogens with one attached hydrogen (secondary N) is 2. The Labute approximate surface area is 147 Å². The van der Waals surface area contributed by atoms with Crippen LogP contribution >= 0.6 is 11.8 Å². The Balaban J connectivity index is 2.04. The molecule has 1 atom stereocenters. The van der Waals surface area contributed by atoms with Crippen LogP contribution in [0.3, 0.4) is 0 Å². The second-order valence-electron chi connectivity index (χ2n) is 5.58. The van der Waals surface area contributed by atoms with Crippen LogP contribution in [-0.2, 0) is 9.59 Å². The molecular formula is C19H22N2O2S. The van der Waals surface area contributed by atoms with Gasteiger partial charge in [-0.1, -0.05) is 30.7 Å². The molecule has 5 heteroatoms. The van der Waals surface area contributed by atoms with Crippen molar-refractivity contribution in [2.24, 2.45) is 0 Å². The van der Waals surface area contributed by atoms with Gasteiger partial charge < -0.3 is 10.6 Å². The molecule has 0 aliphatic carbocycles. The summed E-state index contributed by atoms with van der Waals surface area (Å²) in [6.45, 7) is 5.48. The molecule has 24 heavy (non-hydrogen) atoms. The van der Waals surface area contributed by atoms with Crippen LogP contribution in [0.1, 0.15) is 25.8 Å². The minimum absolute atomic E-state index is 0.0173. The first-order valence-electron chi connectivity index (χ1n) is 7.89. The van der Waals surface area contributed by atoms with E-state index in [9.17, 15) is 9.59 Å². The van der Waals surface area contributed by atoms with Crippen molar-refractivity contribution in [3.05, 3.63) is 54.1 Å². The van der Waals surface area contributed by atoms with Gasteiger partial charge in [0.05, 0.1) is 5.25 Å². The van der Waals surface area contributed by atoms with Gasteiger partial charge in [-0.3, -0.25) is 9.59 Å². The van der Waals surface area contributed by atoms with Crippen LogP contribution in [-0.4, -0.2) is 17.1 Å². The molecule has 1 unspecified atom stereocenters. The maximum Gasteiger partial charge on any atom is 0.237 e. The van der Waals surface area contributed by atoms with E-state index < -0.39 is 0 Å². The van der Waals surface area contributed by atoms with E-state index in [0.717, 1.165) is 21.8 Å². The van der Waals surface area contributed by atoms with E-state index in [2.05, 4.69) is 10.6 Å². The lowest BCUT2D eigenvalue weighted by molar-refractivity contribution is -0.116. The topological polar surface area (TPSA) is 58.2 Å². The molecule has 0 bridgehead atoms. The van der Waals surface area contributed by atoms with Gasteiger partial charge in [0, 0.05) is 23.2 Å². The van der Waals surface area contributed by atoms with E-state index in [0.29, 0.717) is 6.42 Å². The van der Waals surface area contributed by atoms with Gasteiger partial charge in [0.1, 0.15) is 0 Å². The molecule has 0 saturated carbocycles. The van der Waals surface area contributed by atoms with E-state index in [1.165, 1.54) is 18.7 Å². The van der Waals surface area contributed by atoms with Crippen LogP contribution in [0.5, 0.6) is 0 Å².